The number of fused-ring (bicyclic) bond motifs is 4. The van der Waals surface area contributed by atoms with Crippen molar-refractivity contribution in [1.82, 2.24) is 0 Å². The van der Waals surface area contributed by atoms with Crippen molar-refractivity contribution in [2.45, 2.75) is 39.5 Å². The van der Waals surface area contributed by atoms with Crippen LogP contribution in [0, 0.1) is 6.07 Å². The minimum Gasteiger partial charge on any atom is -0.184 e. The van der Waals surface area contributed by atoms with E-state index in [0.717, 1.165) is 9.52 Å². The zero-order valence-corrected chi connectivity index (χ0v) is 29.9. The average molecular weight is 693 g/mol. The van der Waals surface area contributed by atoms with Gasteiger partial charge in [0.2, 0.25) is 0 Å². The molecule has 0 amide bonds. The van der Waals surface area contributed by atoms with Crippen molar-refractivity contribution >= 4 is 47.7 Å². The van der Waals surface area contributed by atoms with E-state index in [-0.39, 0.29) is 0 Å². The van der Waals surface area contributed by atoms with Gasteiger partial charge in [0.05, 0.1) is 9.52 Å². The Morgan fingerprint density at radius 2 is 1.30 bits per heavy atom. The van der Waals surface area contributed by atoms with Gasteiger partial charge in [0.15, 0.2) is 0 Å². The first-order chi connectivity index (χ1) is 20.9. The van der Waals surface area contributed by atoms with Crippen LogP contribution in [-0.4, -0.2) is 9.52 Å². The molecular formula is C39H34Cl2SiZr. The third-order valence-electron chi connectivity index (χ3n) is 7.85. The van der Waals surface area contributed by atoms with E-state index in [1.165, 1.54) is 65.7 Å². The van der Waals surface area contributed by atoms with E-state index in [0.29, 0.717) is 11.8 Å². The minimum absolute atomic E-state index is 0.477. The molecule has 0 bridgehead atoms. The molecule has 0 atom stereocenters. The van der Waals surface area contributed by atoms with Crippen molar-refractivity contribution in [1.29, 1.82) is 0 Å². The molecule has 6 aromatic carbocycles. The molecule has 0 aliphatic carbocycles. The van der Waals surface area contributed by atoms with E-state index in [1.54, 1.807) is 0 Å². The van der Waals surface area contributed by atoms with Gasteiger partial charge < -0.3 is 0 Å². The van der Waals surface area contributed by atoms with Crippen molar-refractivity contribution in [3.8, 4) is 33.4 Å². The Balaban J connectivity index is 0.000000190. The molecule has 6 aromatic rings. The summed E-state index contributed by atoms with van der Waals surface area (Å²) >= 11 is -0.826. The van der Waals surface area contributed by atoms with E-state index >= 15 is 0 Å². The Hall–Kier alpha value is -2.61. The molecule has 1 aliphatic rings. The fourth-order valence-electron chi connectivity index (χ4n) is 5.73. The fraction of sp³-hybridized carbons (Fsp3) is 0.154. The van der Waals surface area contributed by atoms with E-state index < -0.39 is 20.8 Å². The molecule has 7 rings (SSSR count). The molecule has 0 N–H and O–H groups in total. The van der Waals surface area contributed by atoms with E-state index in [4.69, 9.17) is 17.0 Å². The van der Waals surface area contributed by atoms with Crippen molar-refractivity contribution < 1.29 is 20.8 Å². The predicted octanol–water partition coefficient (Wildman–Crippen LogP) is 10.6. The maximum Gasteiger partial charge on any atom is 0.0920 e. The third kappa shape index (κ3) is 7.21. The van der Waals surface area contributed by atoms with Gasteiger partial charge in [-0.25, -0.2) is 0 Å². The monoisotopic (exact) mass is 690 g/mol. The van der Waals surface area contributed by atoms with Crippen LogP contribution in [0.3, 0.4) is 0 Å². The topological polar surface area (TPSA) is 0 Å². The Kier molecular flexibility index (Phi) is 11.0. The molecule has 212 valence electrons. The van der Waals surface area contributed by atoms with Gasteiger partial charge in [-0.15, -0.1) is 40.1 Å². The fourth-order valence-corrected chi connectivity index (χ4v) is 7.04. The van der Waals surface area contributed by atoms with Crippen LogP contribution in [0.1, 0.15) is 50.7 Å². The SMILES string of the molecule is CC(C)c1cc2c(-c3ccccc3-c3ccccc3)c(C(C)C)ccc2[cH-]1.[Cl][Zr+2][Cl].[c-]1cccc2c1[Si]c1ccccc1-2. The Morgan fingerprint density at radius 1 is 0.674 bits per heavy atom. The molecule has 0 unspecified atom stereocenters. The first-order valence-corrected chi connectivity index (χ1v) is 22.0. The molecule has 1 aliphatic heterocycles. The number of rotatable bonds is 4. The normalized spacial score (nSPS) is 11.3. The molecule has 0 saturated carbocycles. The molecule has 1 heterocycles. The van der Waals surface area contributed by atoms with Crippen LogP contribution in [0.4, 0.5) is 0 Å². The Bertz CT molecular complexity index is 1760. The summed E-state index contributed by atoms with van der Waals surface area (Å²) in [5.74, 6) is 1.02. The van der Waals surface area contributed by atoms with Gasteiger partial charge in [0.25, 0.3) is 0 Å². The standard InChI is InChI=1S/C27H27.C12H7Si.2ClH.Zr/c1-18(2)22-16-21-14-15-23(19(3)4)27(26(21)17-22)25-13-9-8-12-24(25)20-10-6-5-7-11-20;1-3-7-11-9(5-1)10-6-2-4-8-12(10)13-11;;;/h5-19H,1-4H3;1-7H;2*1H;/q2*-1;;;+4/p-2. The summed E-state index contributed by atoms with van der Waals surface area (Å²) in [5.41, 5.74) is 10.9. The number of benzene rings is 5. The van der Waals surface area contributed by atoms with Gasteiger partial charge in [0, 0.05) is 0 Å². The molecule has 0 nitrogen and oxygen atoms in total. The van der Waals surface area contributed by atoms with Gasteiger partial charge in [-0.1, -0.05) is 128 Å². The number of hydrogen-bond donors (Lipinski definition) is 0. The second-order valence-electron chi connectivity index (χ2n) is 11.2. The number of hydrogen-bond acceptors (Lipinski definition) is 0. The summed E-state index contributed by atoms with van der Waals surface area (Å²) in [6, 6.07) is 47.1. The van der Waals surface area contributed by atoms with Crippen LogP contribution < -0.4 is 10.4 Å². The van der Waals surface area contributed by atoms with Gasteiger partial charge in [0.1, 0.15) is 0 Å². The van der Waals surface area contributed by atoms with Crippen LogP contribution in [0.15, 0.2) is 121 Å². The summed E-state index contributed by atoms with van der Waals surface area (Å²) in [6.45, 7) is 9.13. The first-order valence-electron chi connectivity index (χ1n) is 14.6. The van der Waals surface area contributed by atoms with Crippen molar-refractivity contribution in [3.05, 3.63) is 139 Å². The second kappa shape index (κ2) is 14.9. The largest absolute Gasteiger partial charge is 0.184 e. The summed E-state index contributed by atoms with van der Waals surface area (Å²) in [6.07, 6.45) is 0. The quantitative estimate of drug-likeness (QED) is 0.127. The van der Waals surface area contributed by atoms with E-state index in [9.17, 15) is 0 Å². The molecule has 4 heteroatoms. The summed E-state index contributed by atoms with van der Waals surface area (Å²) < 4.78 is 0. The van der Waals surface area contributed by atoms with Crippen LogP contribution >= 0.6 is 17.0 Å². The smallest absolute Gasteiger partial charge is 0.0920 e. The van der Waals surface area contributed by atoms with Crippen molar-refractivity contribution in [2.24, 2.45) is 0 Å². The molecule has 0 spiro atoms. The van der Waals surface area contributed by atoms with Gasteiger partial charge >= 0.3 is 37.9 Å². The third-order valence-corrected chi connectivity index (χ3v) is 9.22. The minimum atomic E-state index is -0.826. The first kappa shape index (κ1) is 31.8. The maximum atomic E-state index is 4.93. The predicted molar refractivity (Wildman–Crippen MR) is 186 cm³/mol. The van der Waals surface area contributed by atoms with Gasteiger partial charge in [-0.2, -0.15) is 35.5 Å². The Labute approximate surface area is 278 Å². The van der Waals surface area contributed by atoms with Crippen molar-refractivity contribution in [2.75, 3.05) is 0 Å². The van der Waals surface area contributed by atoms with E-state index in [2.05, 4.69) is 149 Å². The summed E-state index contributed by atoms with van der Waals surface area (Å²) in [5, 5.41) is 5.55. The summed E-state index contributed by atoms with van der Waals surface area (Å²) in [7, 11) is 10.7. The molecule has 43 heavy (non-hydrogen) atoms. The average Bonchev–Trinajstić information content (AvgIpc) is 3.64. The zero-order valence-electron chi connectivity index (χ0n) is 25.0. The zero-order chi connectivity index (χ0) is 30.3. The second-order valence-corrected chi connectivity index (χ2v) is 16.3. The van der Waals surface area contributed by atoms with Crippen LogP contribution in [-0.2, 0) is 20.8 Å². The van der Waals surface area contributed by atoms with Gasteiger partial charge in [-0.3, -0.25) is 0 Å². The molecule has 0 saturated heterocycles. The van der Waals surface area contributed by atoms with Crippen LogP contribution in [0.5, 0.6) is 0 Å². The van der Waals surface area contributed by atoms with Gasteiger partial charge in [-0.05, 0) is 28.5 Å². The Morgan fingerprint density at radius 3 is 2.00 bits per heavy atom. The summed E-state index contributed by atoms with van der Waals surface area (Å²) in [4.78, 5) is 0. The molecule has 0 fully saturated rings. The number of halogens is 2. The molecule has 0 aromatic heterocycles. The van der Waals surface area contributed by atoms with E-state index in [1.807, 2.05) is 6.07 Å². The molecular weight excluding hydrogens is 659 g/mol. The van der Waals surface area contributed by atoms with Crippen molar-refractivity contribution in [3.63, 3.8) is 0 Å². The molecule has 2 radical (unpaired) electrons. The van der Waals surface area contributed by atoms with Crippen LogP contribution in [0.2, 0.25) is 0 Å². The maximum absolute atomic E-state index is 4.93. The van der Waals surface area contributed by atoms with Crippen LogP contribution in [0.25, 0.3) is 44.2 Å².